The van der Waals surface area contributed by atoms with Gasteiger partial charge in [0, 0.05) is 18.7 Å². The number of nitrogens with zero attached hydrogens (tertiary/aromatic N) is 1. The minimum atomic E-state index is -0.198. The summed E-state index contributed by atoms with van der Waals surface area (Å²) in [7, 11) is 0. The minimum Gasteiger partial charge on any atom is -0.384 e. The molecule has 2 N–H and O–H groups in total. The highest BCUT2D eigenvalue weighted by Crippen LogP contribution is 2.24. The van der Waals surface area contributed by atoms with Gasteiger partial charge in [-0.3, -0.25) is 0 Å². The number of aliphatic hydroxyl groups is 1. The molecule has 1 saturated heterocycles. The van der Waals surface area contributed by atoms with Gasteiger partial charge < -0.3 is 15.3 Å². The Bertz CT molecular complexity index is 569. The number of anilines is 1. The molecule has 1 aliphatic rings. The molecule has 21 heavy (non-hydrogen) atoms. The van der Waals surface area contributed by atoms with E-state index in [2.05, 4.69) is 24.1 Å². The Hall–Kier alpha value is -1.70. The second-order valence-corrected chi connectivity index (χ2v) is 5.66. The van der Waals surface area contributed by atoms with Crippen molar-refractivity contribution in [3.8, 4) is 11.8 Å². The number of likely N-dealkylation sites (tertiary alicyclic amines) is 1. The normalized spacial score (nSPS) is 15.3. The average Bonchev–Trinajstić information content (AvgIpc) is 2.48. The molecule has 2 amide bonds. The van der Waals surface area contributed by atoms with E-state index in [0.717, 1.165) is 25.9 Å². The third kappa shape index (κ3) is 4.38. The summed E-state index contributed by atoms with van der Waals surface area (Å²) in [6, 6.07) is 5.03. The zero-order valence-corrected chi connectivity index (χ0v) is 12.8. The number of rotatable bonds is 1. The predicted octanol–water partition coefficient (Wildman–Crippen LogP) is 2.95. The lowest BCUT2D eigenvalue weighted by Crippen LogP contribution is -2.40. The van der Waals surface area contributed by atoms with Crippen LogP contribution < -0.4 is 5.32 Å². The number of halogens is 1. The Morgan fingerprint density at radius 2 is 2.19 bits per heavy atom. The molecular formula is C16H19ClN2O2. The van der Waals surface area contributed by atoms with Crippen LogP contribution in [-0.2, 0) is 0 Å². The number of benzene rings is 1. The molecule has 1 aromatic carbocycles. The molecule has 0 aromatic heterocycles. The molecule has 0 saturated carbocycles. The van der Waals surface area contributed by atoms with E-state index in [1.54, 1.807) is 18.2 Å². The summed E-state index contributed by atoms with van der Waals surface area (Å²) in [5, 5.41) is 12.0. The first-order valence-corrected chi connectivity index (χ1v) is 7.43. The first-order valence-electron chi connectivity index (χ1n) is 7.05. The lowest BCUT2D eigenvalue weighted by Gasteiger charge is -2.30. The van der Waals surface area contributed by atoms with Crippen LogP contribution in [0.3, 0.4) is 0 Å². The standard InChI is InChI=1S/C16H19ClN2O2/c1-12-6-8-19(9-7-12)16(21)18-15-11-13(3-2-10-20)4-5-14(15)17/h4-5,11-12,20H,6-10H2,1H3,(H,18,21). The molecule has 0 aliphatic carbocycles. The Morgan fingerprint density at radius 3 is 2.86 bits per heavy atom. The molecule has 1 aliphatic heterocycles. The molecule has 112 valence electrons. The fourth-order valence-corrected chi connectivity index (χ4v) is 2.41. The van der Waals surface area contributed by atoms with Crippen molar-refractivity contribution in [3.05, 3.63) is 28.8 Å². The van der Waals surface area contributed by atoms with E-state index in [4.69, 9.17) is 16.7 Å². The Balaban J connectivity index is 2.06. The van der Waals surface area contributed by atoms with Crippen molar-refractivity contribution in [2.24, 2.45) is 5.92 Å². The molecule has 0 atom stereocenters. The Kier molecular flexibility index (Phi) is 5.49. The van der Waals surface area contributed by atoms with Crippen molar-refractivity contribution in [2.45, 2.75) is 19.8 Å². The van der Waals surface area contributed by atoms with Gasteiger partial charge in [-0.15, -0.1) is 0 Å². The maximum Gasteiger partial charge on any atom is 0.321 e. The Labute approximate surface area is 130 Å². The molecule has 0 unspecified atom stereocenters. The van der Waals surface area contributed by atoms with E-state index < -0.39 is 0 Å². The first kappa shape index (κ1) is 15.7. The minimum absolute atomic E-state index is 0.129. The van der Waals surface area contributed by atoms with Crippen LogP contribution in [0.2, 0.25) is 5.02 Å². The number of carbonyl (C=O) groups is 1. The van der Waals surface area contributed by atoms with Crippen molar-refractivity contribution in [2.75, 3.05) is 25.0 Å². The van der Waals surface area contributed by atoms with Gasteiger partial charge in [-0.2, -0.15) is 0 Å². The van der Waals surface area contributed by atoms with Gasteiger partial charge in [0.25, 0.3) is 0 Å². The van der Waals surface area contributed by atoms with Crippen LogP contribution in [0.25, 0.3) is 0 Å². The molecule has 4 nitrogen and oxygen atoms in total. The molecule has 0 radical (unpaired) electrons. The number of hydrogen-bond donors (Lipinski definition) is 2. The van der Waals surface area contributed by atoms with E-state index in [1.807, 2.05) is 4.90 Å². The van der Waals surface area contributed by atoms with Crippen LogP contribution in [0.1, 0.15) is 25.3 Å². The van der Waals surface area contributed by atoms with Gasteiger partial charge in [-0.1, -0.05) is 30.4 Å². The van der Waals surface area contributed by atoms with Crippen molar-refractivity contribution in [1.29, 1.82) is 0 Å². The van der Waals surface area contributed by atoms with E-state index in [9.17, 15) is 4.79 Å². The molecular weight excluding hydrogens is 288 g/mol. The largest absolute Gasteiger partial charge is 0.384 e. The average molecular weight is 307 g/mol. The number of hydrogen-bond acceptors (Lipinski definition) is 2. The molecule has 0 bridgehead atoms. The van der Waals surface area contributed by atoms with Gasteiger partial charge in [0.15, 0.2) is 0 Å². The number of carbonyl (C=O) groups excluding carboxylic acids is 1. The van der Waals surface area contributed by atoms with Crippen LogP contribution in [0.5, 0.6) is 0 Å². The smallest absolute Gasteiger partial charge is 0.321 e. The lowest BCUT2D eigenvalue weighted by atomic mass is 10.00. The van der Waals surface area contributed by atoms with Gasteiger partial charge in [-0.05, 0) is 37.0 Å². The van der Waals surface area contributed by atoms with Crippen molar-refractivity contribution in [3.63, 3.8) is 0 Å². The van der Waals surface area contributed by atoms with E-state index in [0.29, 0.717) is 22.2 Å². The predicted molar refractivity (Wildman–Crippen MR) is 84.4 cm³/mol. The van der Waals surface area contributed by atoms with Crippen molar-refractivity contribution in [1.82, 2.24) is 4.90 Å². The monoisotopic (exact) mass is 306 g/mol. The van der Waals surface area contributed by atoms with Crippen LogP contribution in [0.4, 0.5) is 10.5 Å². The Morgan fingerprint density at radius 1 is 1.48 bits per heavy atom. The highest BCUT2D eigenvalue weighted by Gasteiger charge is 2.20. The molecule has 1 heterocycles. The highest BCUT2D eigenvalue weighted by atomic mass is 35.5. The van der Waals surface area contributed by atoms with Gasteiger partial charge >= 0.3 is 6.03 Å². The molecule has 5 heteroatoms. The number of aliphatic hydroxyl groups excluding tert-OH is 1. The van der Waals surface area contributed by atoms with Gasteiger partial charge in [0.2, 0.25) is 0 Å². The highest BCUT2D eigenvalue weighted by molar-refractivity contribution is 6.33. The summed E-state index contributed by atoms with van der Waals surface area (Å²) in [6.07, 6.45) is 2.06. The fourth-order valence-electron chi connectivity index (χ4n) is 2.25. The molecule has 1 fully saturated rings. The van der Waals surface area contributed by atoms with E-state index in [-0.39, 0.29) is 12.6 Å². The first-order chi connectivity index (χ1) is 10.1. The lowest BCUT2D eigenvalue weighted by molar-refractivity contribution is 0.186. The zero-order valence-electron chi connectivity index (χ0n) is 12.0. The zero-order chi connectivity index (χ0) is 15.2. The van der Waals surface area contributed by atoms with Crippen LogP contribution in [-0.4, -0.2) is 35.7 Å². The van der Waals surface area contributed by atoms with Gasteiger partial charge in [-0.25, -0.2) is 4.79 Å². The molecule has 1 aromatic rings. The van der Waals surface area contributed by atoms with E-state index >= 15 is 0 Å². The van der Waals surface area contributed by atoms with Gasteiger partial charge in [0.05, 0.1) is 10.7 Å². The maximum atomic E-state index is 12.2. The van der Waals surface area contributed by atoms with Crippen molar-refractivity contribution >= 4 is 23.3 Å². The second kappa shape index (κ2) is 7.35. The third-order valence-electron chi connectivity index (χ3n) is 3.59. The quantitative estimate of drug-likeness (QED) is 0.784. The summed E-state index contributed by atoms with van der Waals surface area (Å²) in [5.74, 6) is 6.04. The number of urea groups is 1. The summed E-state index contributed by atoms with van der Waals surface area (Å²) >= 11 is 6.11. The van der Waals surface area contributed by atoms with Crippen LogP contribution in [0, 0.1) is 17.8 Å². The summed E-state index contributed by atoms with van der Waals surface area (Å²) in [4.78, 5) is 14.0. The summed E-state index contributed by atoms with van der Waals surface area (Å²) < 4.78 is 0. The number of piperidine rings is 1. The SMILES string of the molecule is CC1CCN(C(=O)Nc2cc(C#CCO)ccc2Cl)CC1. The van der Waals surface area contributed by atoms with Crippen LogP contribution >= 0.6 is 11.6 Å². The number of amides is 2. The third-order valence-corrected chi connectivity index (χ3v) is 3.92. The summed E-state index contributed by atoms with van der Waals surface area (Å²) in [6.45, 7) is 3.55. The number of nitrogens with one attached hydrogen (secondary N) is 1. The molecule has 0 spiro atoms. The van der Waals surface area contributed by atoms with Crippen LogP contribution in [0.15, 0.2) is 18.2 Å². The van der Waals surface area contributed by atoms with Crippen molar-refractivity contribution < 1.29 is 9.90 Å². The van der Waals surface area contributed by atoms with E-state index in [1.165, 1.54) is 0 Å². The maximum absolute atomic E-state index is 12.2. The second-order valence-electron chi connectivity index (χ2n) is 5.25. The fraction of sp³-hybridized carbons (Fsp3) is 0.438. The molecule has 2 rings (SSSR count). The topological polar surface area (TPSA) is 52.6 Å². The van der Waals surface area contributed by atoms with Gasteiger partial charge in [0.1, 0.15) is 6.61 Å². The summed E-state index contributed by atoms with van der Waals surface area (Å²) in [5.41, 5.74) is 1.25.